The highest BCUT2D eigenvalue weighted by Gasteiger charge is 2.22. The molecule has 0 spiro atoms. The van der Waals surface area contributed by atoms with Crippen LogP contribution in [-0.2, 0) is 16.1 Å². The predicted octanol–water partition coefficient (Wildman–Crippen LogP) is 0.312. The average molecular weight is 314 g/mol. The molecule has 0 aliphatic rings. The Morgan fingerprint density at radius 1 is 1.52 bits per heavy atom. The Balaban J connectivity index is 2.58. The van der Waals surface area contributed by atoms with Crippen molar-refractivity contribution in [2.75, 3.05) is 7.05 Å². The van der Waals surface area contributed by atoms with E-state index in [2.05, 4.69) is 10.3 Å². The number of urea groups is 1. The van der Waals surface area contributed by atoms with E-state index in [1.807, 2.05) is 6.92 Å². The maximum atomic E-state index is 12.0. The van der Waals surface area contributed by atoms with E-state index in [4.69, 9.17) is 10.8 Å². The number of carboxylic acids is 1. The standard InChI is InChI=1S/C12H18N4O4S/c1-7-9(21-6-14-7)5-16(2)12(20)15-8(11(18)19)3-4-10(13)17/h6,8H,3-5H2,1-2H3,(H2,13,17)(H,15,20)(H,18,19)/t8-/m1/s1. The van der Waals surface area contributed by atoms with Crippen molar-refractivity contribution < 1.29 is 19.5 Å². The van der Waals surface area contributed by atoms with Gasteiger partial charge in [0.15, 0.2) is 0 Å². The van der Waals surface area contributed by atoms with Crippen molar-refractivity contribution in [3.8, 4) is 0 Å². The first-order valence-electron chi connectivity index (χ1n) is 6.23. The van der Waals surface area contributed by atoms with Gasteiger partial charge in [0.25, 0.3) is 0 Å². The summed E-state index contributed by atoms with van der Waals surface area (Å²) in [7, 11) is 1.56. The van der Waals surface area contributed by atoms with Crippen LogP contribution in [0.3, 0.4) is 0 Å². The Morgan fingerprint density at radius 3 is 2.67 bits per heavy atom. The van der Waals surface area contributed by atoms with Gasteiger partial charge in [0, 0.05) is 18.3 Å². The maximum Gasteiger partial charge on any atom is 0.326 e. The van der Waals surface area contributed by atoms with Crippen molar-refractivity contribution in [3.63, 3.8) is 0 Å². The van der Waals surface area contributed by atoms with Crippen LogP contribution in [0.25, 0.3) is 0 Å². The summed E-state index contributed by atoms with van der Waals surface area (Å²) in [5.74, 6) is -1.81. The number of nitrogens with zero attached hydrogens (tertiary/aromatic N) is 2. The zero-order valence-electron chi connectivity index (χ0n) is 11.8. The smallest absolute Gasteiger partial charge is 0.326 e. The Labute approximate surface area is 126 Å². The molecule has 1 aromatic heterocycles. The molecule has 0 aromatic carbocycles. The maximum absolute atomic E-state index is 12.0. The molecule has 1 atom stereocenters. The minimum atomic E-state index is -1.20. The van der Waals surface area contributed by atoms with E-state index in [9.17, 15) is 14.4 Å². The summed E-state index contributed by atoms with van der Waals surface area (Å²) < 4.78 is 0. The topological polar surface area (TPSA) is 126 Å². The van der Waals surface area contributed by atoms with Crippen LogP contribution in [-0.4, -0.2) is 46.0 Å². The van der Waals surface area contributed by atoms with Gasteiger partial charge in [-0.15, -0.1) is 11.3 Å². The van der Waals surface area contributed by atoms with Gasteiger partial charge < -0.3 is 21.1 Å². The Kier molecular flexibility index (Phi) is 6.10. The number of amides is 3. The number of nitrogens with one attached hydrogen (secondary N) is 1. The SMILES string of the molecule is Cc1ncsc1CN(C)C(=O)N[C@H](CCC(N)=O)C(=O)O. The number of rotatable bonds is 7. The number of aromatic nitrogens is 1. The fourth-order valence-electron chi connectivity index (χ4n) is 1.57. The molecule has 1 heterocycles. The number of carbonyl (C=O) groups excluding carboxylic acids is 2. The van der Waals surface area contributed by atoms with Gasteiger partial charge in [0.1, 0.15) is 6.04 Å². The van der Waals surface area contributed by atoms with E-state index >= 15 is 0 Å². The van der Waals surface area contributed by atoms with Crippen LogP contribution < -0.4 is 11.1 Å². The lowest BCUT2D eigenvalue weighted by Crippen LogP contribution is -2.46. The summed E-state index contributed by atoms with van der Waals surface area (Å²) in [6.45, 7) is 2.18. The molecule has 4 N–H and O–H groups in total. The van der Waals surface area contributed by atoms with Crippen LogP contribution in [0.2, 0.25) is 0 Å². The van der Waals surface area contributed by atoms with E-state index in [-0.39, 0.29) is 12.8 Å². The van der Waals surface area contributed by atoms with Crippen LogP contribution in [0, 0.1) is 6.92 Å². The molecule has 0 saturated carbocycles. The fraction of sp³-hybridized carbons (Fsp3) is 0.500. The van der Waals surface area contributed by atoms with Crippen molar-refractivity contribution in [2.24, 2.45) is 5.73 Å². The van der Waals surface area contributed by atoms with E-state index in [0.29, 0.717) is 6.54 Å². The van der Waals surface area contributed by atoms with Gasteiger partial charge in [-0.25, -0.2) is 14.6 Å². The molecule has 8 nitrogen and oxygen atoms in total. The summed E-state index contributed by atoms with van der Waals surface area (Å²) in [5.41, 5.74) is 7.50. The number of aryl methyl sites for hydroxylation is 1. The molecule has 0 unspecified atom stereocenters. The quantitative estimate of drug-likeness (QED) is 0.668. The molecule has 0 radical (unpaired) electrons. The third-order valence-electron chi connectivity index (χ3n) is 2.85. The molecule has 1 rings (SSSR count). The first-order chi connectivity index (χ1) is 9.81. The first kappa shape index (κ1) is 16.9. The molecule has 21 heavy (non-hydrogen) atoms. The third-order valence-corrected chi connectivity index (χ3v) is 3.77. The number of hydrogen-bond acceptors (Lipinski definition) is 5. The average Bonchev–Trinajstić information content (AvgIpc) is 2.79. The van der Waals surface area contributed by atoms with E-state index in [1.165, 1.54) is 16.2 Å². The highest BCUT2D eigenvalue weighted by molar-refractivity contribution is 7.09. The monoisotopic (exact) mass is 314 g/mol. The molecule has 0 aliphatic carbocycles. The van der Waals surface area contributed by atoms with E-state index < -0.39 is 23.9 Å². The summed E-state index contributed by atoms with van der Waals surface area (Å²) in [5, 5.41) is 11.4. The lowest BCUT2D eigenvalue weighted by molar-refractivity contribution is -0.139. The second-order valence-electron chi connectivity index (χ2n) is 4.56. The zero-order chi connectivity index (χ0) is 16.0. The van der Waals surface area contributed by atoms with Gasteiger partial charge in [-0.2, -0.15) is 0 Å². The van der Waals surface area contributed by atoms with Gasteiger partial charge in [0.05, 0.1) is 17.7 Å². The first-order valence-corrected chi connectivity index (χ1v) is 7.11. The molecule has 0 saturated heterocycles. The Morgan fingerprint density at radius 2 is 2.19 bits per heavy atom. The van der Waals surface area contributed by atoms with E-state index in [0.717, 1.165) is 10.6 Å². The van der Waals surface area contributed by atoms with Crippen molar-refractivity contribution >= 4 is 29.2 Å². The van der Waals surface area contributed by atoms with Crippen molar-refractivity contribution in [2.45, 2.75) is 32.4 Å². The normalized spacial score (nSPS) is 11.7. The van der Waals surface area contributed by atoms with Crippen LogP contribution in [0.4, 0.5) is 4.79 Å². The molecule has 0 fully saturated rings. The number of carboxylic acid groups (broad SMARTS) is 1. The summed E-state index contributed by atoms with van der Waals surface area (Å²) in [4.78, 5) is 40.1. The number of carbonyl (C=O) groups is 3. The fourth-order valence-corrected chi connectivity index (χ4v) is 2.40. The number of thiazole rings is 1. The zero-order valence-corrected chi connectivity index (χ0v) is 12.6. The lowest BCUT2D eigenvalue weighted by Gasteiger charge is -2.20. The highest BCUT2D eigenvalue weighted by Crippen LogP contribution is 2.14. The summed E-state index contributed by atoms with van der Waals surface area (Å²) in [6.07, 6.45) is -0.140. The van der Waals surface area contributed by atoms with Crippen LogP contribution in [0.1, 0.15) is 23.4 Å². The minimum absolute atomic E-state index is 0.0379. The summed E-state index contributed by atoms with van der Waals surface area (Å²) in [6, 6.07) is -1.67. The minimum Gasteiger partial charge on any atom is -0.480 e. The van der Waals surface area contributed by atoms with Gasteiger partial charge in [-0.3, -0.25) is 4.79 Å². The van der Waals surface area contributed by atoms with Gasteiger partial charge in [0.2, 0.25) is 5.91 Å². The number of hydrogen-bond donors (Lipinski definition) is 3. The molecule has 3 amide bonds. The predicted molar refractivity (Wildman–Crippen MR) is 76.7 cm³/mol. The Bertz CT molecular complexity index is 531. The molecule has 0 bridgehead atoms. The van der Waals surface area contributed by atoms with Crippen LogP contribution in [0.15, 0.2) is 5.51 Å². The molecule has 1 aromatic rings. The summed E-state index contributed by atoms with van der Waals surface area (Å²) >= 11 is 1.42. The molecule has 0 aliphatic heterocycles. The van der Waals surface area contributed by atoms with Crippen LogP contribution >= 0.6 is 11.3 Å². The van der Waals surface area contributed by atoms with Crippen molar-refractivity contribution in [1.29, 1.82) is 0 Å². The second-order valence-corrected chi connectivity index (χ2v) is 5.50. The van der Waals surface area contributed by atoms with Gasteiger partial charge in [-0.1, -0.05) is 0 Å². The lowest BCUT2D eigenvalue weighted by atomic mass is 10.1. The van der Waals surface area contributed by atoms with Crippen LogP contribution in [0.5, 0.6) is 0 Å². The van der Waals surface area contributed by atoms with Crippen molar-refractivity contribution in [1.82, 2.24) is 15.2 Å². The molecular weight excluding hydrogens is 296 g/mol. The molecular formula is C12H18N4O4S. The third kappa shape index (κ3) is 5.38. The Hall–Kier alpha value is -2.16. The van der Waals surface area contributed by atoms with E-state index in [1.54, 1.807) is 12.6 Å². The highest BCUT2D eigenvalue weighted by atomic mass is 32.1. The van der Waals surface area contributed by atoms with Gasteiger partial charge in [-0.05, 0) is 13.3 Å². The molecule has 116 valence electrons. The second kappa shape index (κ2) is 7.58. The molecule has 9 heteroatoms. The number of primary amides is 1. The van der Waals surface area contributed by atoms with Crippen molar-refractivity contribution in [3.05, 3.63) is 16.1 Å². The number of nitrogens with two attached hydrogens (primary N) is 1. The van der Waals surface area contributed by atoms with Gasteiger partial charge >= 0.3 is 12.0 Å². The largest absolute Gasteiger partial charge is 0.480 e. The number of aliphatic carboxylic acids is 1.